The van der Waals surface area contributed by atoms with Crippen LogP contribution in [0.1, 0.15) is 68.3 Å². The summed E-state index contributed by atoms with van der Waals surface area (Å²) in [5.74, 6) is 0.168. The van der Waals surface area contributed by atoms with Gasteiger partial charge in [0.25, 0.3) is 0 Å². The molecule has 0 unspecified atom stereocenters. The standard InChI is InChI=1S/C14H12O.C11H23IO/c15-14(13-9-5-2-6-10-13)11-12-7-3-1-4-8-12;1-4-6-8-11(12,10-13-3)9-7-5-2/h1-10H,11H2;4-10H2,1-3H3. The van der Waals surface area contributed by atoms with Gasteiger partial charge in [-0.1, -0.05) is 123 Å². The Morgan fingerprint density at radius 2 is 1.39 bits per heavy atom. The Kier molecular flexibility index (Phi) is 13.1. The second kappa shape index (κ2) is 14.7. The van der Waals surface area contributed by atoms with Crippen LogP contribution in [-0.4, -0.2) is 22.9 Å². The molecular formula is C25H35IO2. The number of alkyl halides is 1. The average Bonchev–Trinajstić information content (AvgIpc) is 2.73. The smallest absolute Gasteiger partial charge is 0.167 e. The first-order valence-electron chi connectivity index (χ1n) is 10.3. The lowest BCUT2D eigenvalue weighted by Crippen LogP contribution is -2.26. The van der Waals surface area contributed by atoms with Crippen LogP contribution in [0.5, 0.6) is 0 Å². The van der Waals surface area contributed by atoms with E-state index in [0.717, 1.165) is 17.7 Å². The largest absolute Gasteiger partial charge is 0.383 e. The molecule has 0 atom stereocenters. The number of rotatable bonds is 11. The van der Waals surface area contributed by atoms with Gasteiger partial charge in [0.15, 0.2) is 5.78 Å². The summed E-state index contributed by atoms with van der Waals surface area (Å²) in [6, 6.07) is 19.2. The number of hydrogen-bond acceptors (Lipinski definition) is 2. The Balaban J connectivity index is 0.000000284. The number of ketones is 1. The van der Waals surface area contributed by atoms with Gasteiger partial charge in [0.2, 0.25) is 0 Å². The normalized spacial score (nSPS) is 10.9. The van der Waals surface area contributed by atoms with Gasteiger partial charge in [-0.05, 0) is 18.4 Å². The maximum absolute atomic E-state index is 11.8. The lowest BCUT2D eigenvalue weighted by Gasteiger charge is -2.26. The van der Waals surface area contributed by atoms with Gasteiger partial charge in [0.05, 0.1) is 6.61 Å². The lowest BCUT2D eigenvalue weighted by molar-refractivity contribution is 0.0993. The number of ether oxygens (including phenoxy) is 1. The van der Waals surface area contributed by atoms with Crippen LogP contribution in [0, 0.1) is 0 Å². The van der Waals surface area contributed by atoms with Crippen LogP contribution in [0.25, 0.3) is 0 Å². The number of carbonyl (C=O) groups is 1. The maximum atomic E-state index is 11.8. The van der Waals surface area contributed by atoms with E-state index in [2.05, 4.69) is 36.4 Å². The third kappa shape index (κ3) is 10.4. The molecule has 0 saturated carbocycles. The second-order valence-corrected chi connectivity index (χ2v) is 9.53. The molecule has 0 bridgehead atoms. The molecule has 0 aromatic heterocycles. The molecule has 0 fully saturated rings. The molecule has 28 heavy (non-hydrogen) atoms. The highest BCUT2D eigenvalue weighted by Gasteiger charge is 2.24. The summed E-state index contributed by atoms with van der Waals surface area (Å²) in [6.45, 7) is 5.42. The van der Waals surface area contributed by atoms with Crippen molar-refractivity contribution in [3.63, 3.8) is 0 Å². The number of hydrogen-bond donors (Lipinski definition) is 0. The fraction of sp³-hybridized carbons (Fsp3) is 0.480. The first-order valence-corrected chi connectivity index (χ1v) is 11.4. The lowest BCUT2D eigenvalue weighted by atomic mass is 9.97. The van der Waals surface area contributed by atoms with Crippen LogP contribution >= 0.6 is 22.6 Å². The van der Waals surface area contributed by atoms with Crippen molar-refractivity contribution in [2.45, 2.75) is 62.2 Å². The molecule has 2 nitrogen and oxygen atoms in total. The highest BCUT2D eigenvalue weighted by Crippen LogP contribution is 2.31. The zero-order valence-electron chi connectivity index (χ0n) is 17.6. The van der Waals surface area contributed by atoms with Crippen molar-refractivity contribution >= 4 is 28.4 Å². The molecule has 0 aliphatic carbocycles. The summed E-state index contributed by atoms with van der Waals surface area (Å²) in [6.07, 6.45) is 8.33. The third-order valence-corrected chi connectivity index (χ3v) is 6.05. The number of carbonyl (C=O) groups excluding carboxylic acids is 1. The molecule has 2 rings (SSSR count). The molecule has 0 heterocycles. The van der Waals surface area contributed by atoms with Gasteiger partial charge < -0.3 is 4.74 Å². The predicted octanol–water partition coefficient (Wildman–Crippen LogP) is 7.30. The minimum absolute atomic E-state index is 0.168. The molecule has 0 saturated heterocycles. The Morgan fingerprint density at radius 1 is 0.893 bits per heavy atom. The molecule has 0 aliphatic rings. The molecule has 0 aliphatic heterocycles. The van der Waals surface area contributed by atoms with Gasteiger partial charge in [0, 0.05) is 22.5 Å². The Morgan fingerprint density at radius 3 is 1.86 bits per heavy atom. The molecule has 0 amide bonds. The van der Waals surface area contributed by atoms with E-state index in [1.54, 1.807) is 0 Å². The van der Waals surface area contributed by atoms with Gasteiger partial charge in [-0.2, -0.15) is 0 Å². The van der Waals surface area contributed by atoms with E-state index in [9.17, 15) is 4.79 Å². The first kappa shape index (κ1) is 24.8. The minimum atomic E-state index is 0.168. The van der Waals surface area contributed by atoms with Crippen LogP contribution < -0.4 is 0 Å². The van der Waals surface area contributed by atoms with Gasteiger partial charge in [-0.3, -0.25) is 4.79 Å². The Labute approximate surface area is 185 Å². The van der Waals surface area contributed by atoms with Crippen molar-refractivity contribution in [2.75, 3.05) is 13.7 Å². The van der Waals surface area contributed by atoms with E-state index < -0.39 is 0 Å². The zero-order chi connectivity index (χ0) is 20.7. The summed E-state index contributed by atoms with van der Waals surface area (Å²) in [5, 5.41) is 0. The van der Waals surface area contributed by atoms with E-state index >= 15 is 0 Å². The van der Waals surface area contributed by atoms with Crippen LogP contribution in [0.3, 0.4) is 0 Å². The molecule has 3 heteroatoms. The van der Waals surface area contributed by atoms with Gasteiger partial charge in [0.1, 0.15) is 0 Å². The minimum Gasteiger partial charge on any atom is -0.383 e. The molecule has 2 aromatic carbocycles. The van der Waals surface area contributed by atoms with Crippen molar-refractivity contribution < 1.29 is 9.53 Å². The van der Waals surface area contributed by atoms with Crippen LogP contribution in [-0.2, 0) is 11.2 Å². The van der Waals surface area contributed by atoms with Crippen molar-refractivity contribution in [1.82, 2.24) is 0 Å². The topological polar surface area (TPSA) is 26.3 Å². The molecule has 2 aromatic rings. The number of benzene rings is 2. The third-order valence-electron chi connectivity index (χ3n) is 4.66. The van der Waals surface area contributed by atoms with Crippen molar-refractivity contribution in [3.05, 3.63) is 71.8 Å². The van der Waals surface area contributed by atoms with E-state index in [0.29, 0.717) is 9.84 Å². The van der Waals surface area contributed by atoms with E-state index in [1.165, 1.54) is 38.5 Å². The van der Waals surface area contributed by atoms with Gasteiger partial charge in [-0.25, -0.2) is 0 Å². The van der Waals surface area contributed by atoms with Crippen LogP contribution in [0.2, 0.25) is 0 Å². The van der Waals surface area contributed by atoms with Crippen molar-refractivity contribution in [2.24, 2.45) is 0 Å². The van der Waals surface area contributed by atoms with Crippen molar-refractivity contribution in [3.8, 4) is 0 Å². The van der Waals surface area contributed by atoms with E-state index in [-0.39, 0.29) is 5.78 Å². The predicted molar refractivity (Wildman–Crippen MR) is 129 cm³/mol. The maximum Gasteiger partial charge on any atom is 0.167 e. The summed E-state index contributed by atoms with van der Waals surface area (Å²) < 4.78 is 5.69. The van der Waals surface area contributed by atoms with Gasteiger partial charge in [-0.15, -0.1) is 0 Å². The highest BCUT2D eigenvalue weighted by molar-refractivity contribution is 14.1. The first-order chi connectivity index (χ1) is 13.5. The quantitative estimate of drug-likeness (QED) is 0.186. The number of halogens is 1. The van der Waals surface area contributed by atoms with Gasteiger partial charge >= 0.3 is 0 Å². The Hall–Kier alpha value is -1.20. The van der Waals surface area contributed by atoms with E-state index in [4.69, 9.17) is 4.74 Å². The summed E-state index contributed by atoms with van der Waals surface area (Å²) in [7, 11) is 1.81. The van der Waals surface area contributed by atoms with E-state index in [1.807, 2.05) is 67.8 Å². The monoisotopic (exact) mass is 494 g/mol. The molecule has 0 radical (unpaired) electrons. The SMILES string of the molecule is CCCCC(I)(CCCC)COC.O=C(Cc1ccccc1)c1ccccc1. The highest BCUT2D eigenvalue weighted by atomic mass is 127. The fourth-order valence-corrected chi connectivity index (χ4v) is 4.10. The second-order valence-electron chi connectivity index (χ2n) is 7.24. The fourth-order valence-electron chi connectivity index (χ4n) is 3.02. The Bertz CT molecular complexity index is 632. The molecule has 0 spiro atoms. The molecule has 0 N–H and O–H groups in total. The number of unbranched alkanes of at least 4 members (excludes halogenated alkanes) is 2. The number of methoxy groups -OCH3 is 1. The summed E-state index contributed by atoms with van der Waals surface area (Å²) in [5.41, 5.74) is 1.84. The summed E-state index contributed by atoms with van der Waals surface area (Å²) in [4.78, 5) is 11.8. The summed E-state index contributed by atoms with van der Waals surface area (Å²) >= 11 is 2.60. The van der Waals surface area contributed by atoms with Crippen LogP contribution in [0.4, 0.5) is 0 Å². The molecular weight excluding hydrogens is 459 g/mol. The average molecular weight is 494 g/mol. The van der Waals surface area contributed by atoms with Crippen molar-refractivity contribution in [1.29, 1.82) is 0 Å². The number of Topliss-reactive ketones (excluding diaryl/α,β-unsaturated/α-hetero) is 1. The zero-order valence-corrected chi connectivity index (χ0v) is 19.8. The molecule has 154 valence electrons. The van der Waals surface area contributed by atoms with Crippen LogP contribution in [0.15, 0.2) is 60.7 Å².